The number of nitrogens with two attached hydrogens (primary N) is 1. The van der Waals surface area contributed by atoms with Crippen LogP contribution in [0, 0.1) is 17.7 Å². The molecule has 0 heterocycles. The largest absolute Gasteiger partial charge is 0.383 e. The molecule has 0 fully saturated rings. The molecule has 5 heteroatoms. The van der Waals surface area contributed by atoms with Gasteiger partial charge in [0, 0.05) is 19.2 Å². The number of rotatable bonds is 4. The Kier molecular flexibility index (Phi) is 5.85. The molecule has 0 atom stereocenters. The third kappa shape index (κ3) is 4.17. The topological polar surface area (TPSA) is 64.3 Å². The predicted octanol–water partition coefficient (Wildman–Crippen LogP) is 0.512. The molecule has 1 rings (SSSR count). The van der Waals surface area contributed by atoms with Crippen molar-refractivity contribution in [3.05, 3.63) is 35.1 Å². The minimum atomic E-state index is -0.603. The van der Waals surface area contributed by atoms with Crippen molar-refractivity contribution in [2.24, 2.45) is 5.73 Å². The van der Waals surface area contributed by atoms with Gasteiger partial charge in [-0.15, -0.1) is 0 Å². The van der Waals surface area contributed by atoms with Crippen LogP contribution in [0.2, 0.25) is 0 Å². The van der Waals surface area contributed by atoms with Gasteiger partial charge in [0.05, 0.1) is 18.7 Å². The first-order chi connectivity index (χ1) is 8.69. The van der Waals surface area contributed by atoms with Gasteiger partial charge in [-0.1, -0.05) is 11.8 Å². The van der Waals surface area contributed by atoms with Crippen molar-refractivity contribution in [1.29, 1.82) is 0 Å². The van der Waals surface area contributed by atoms with Crippen LogP contribution in [-0.2, 0) is 4.74 Å². The highest BCUT2D eigenvalue weighted by Crippen LogP contribution is 2.09. The molecule has 1 aromatic rings. The summed E-state index contributed by atoms with van der Waals surface area (Å²) >= 11 is 0. The van der Waals surface area contributed by atoms with E-state index < -0.39 is 11.7 Å². The second kappa shape index (κ2) is 7.43. The molecule has 18 heavy (non-hydrogen) atoms. The van der Waals surface area contributed by atoms with Crippen LogP contribution in [0.4, 0.5) is 4.39 Å². The SMILES string of the molecule is COCCNC(=O)c1ccc(C#CCN)cc1F. The molecule has 0 bridgehead atoms. The number of carbonyl (C=O) groups is 1. The maximum atomic E-state index is 13.6. The Hall–Kier alpha value is -1.90. The molecular weight excluding hydrogens is 235 g/mol. The summed E-state index contributed by atoms with van der Waals surface area (Å²) in [6, 6.07) is 4.20. The van der Waals surface area contributed by atoms with Gasteiger partial charge in [-0.2, -0.15) is 0 Å². The van der Waals surface area contributed by atoms with Gasteiger partial charge >= 0.3 is 0 Å². The third-order valence-corrected chi connectivity index (χ3v) is 2.14. The molecule has 0 aromatic heterocycles. The molecule has 4 nitrogen and oxygen atoms in total. The maximum absolute atomic E-state index is 13.6. The summed E-state index contributed by atoms with van der Waals surface area (Å²) in [6.07, 6.45) is 0. The molecule has 0 aliphatic carbocycles. The lowest BCUT2D eigenvalue weighted by Crippen LogP contribution is -2.27. The molecule has 1 amide bonds. The molecule has 96 valence electrons. The first-order valence-corrected chi connectivity index (χ1v) is 5.44. The Morgan fingerprint density at radius 2 is 2.33 bits per heavy atom. The highest BCUT2D eigenvalue weighted by Gasteiger charge is 2.10. The number of nitrogens with one attached hydrogen (secondary N) is 1. The summed E-state index contributed by atoms with van der Waals surface area (Å²) in [4.78, 5) is 11.6. The zero-order valence-electron chi connectivity index (χ0n) is 10.1. The zero-order valence-corrected chi connectivity index (χ0v) is 10.1. The summed E-state index contributed by atoms with van der Waals surface area (Å²) in [5.74, 6) is 4.24. The van der Waals surface area contributed by atoms with E-state index in [4.69, 9.17) is 10.5 Å². The van der Waals surface area contributed by atoms with Gasteiger partial charge in [0.25, 0.3) is 5.91 Å². The molecule has 0 radical (unpaired) electrons. The predicted molar refractivity (Wildman–Crippen MR) is 66.5 cm³/mol. The fourth-order valence-electron chi connectivity index (χ4n) is 1.29. The van der Waals surface area contributed by atoms with Gasteiger partial charge < -0.3 is 15.8 Å². The lowest BCUT2D eigenvalue weighted by Gasteiger charge is -2.05. The fourth-order valence-corrected chi connectivity index (χ4v) is 1.29. The molecular formula is C13H15FN2O2. The Bertz CT molecular complexity index is 478. The second-order valence-electron chi connectivity index (χ2n) is 3.45. The number of ether oxygens (including phenoxy) is 1. The van der Waals surface area contributed by atoms with Gasteiger partial charge in [-0.3, -0.25) is 4.79 Å². The van der Waals surface area contributed by atoms with Gasteiger partial charge in [-0.25, -0.2) is 4.39 Å². The average molecular weight is 250 g/mol. The van der Waals surface area contributed by atoms with E-state index in [0.717, 1.165) is 0 Å². The number of methoxy groups -OCH3 is 1. The quantitative estimate of drug-likeness (QED) is 0.604. The minimum Gasteiger partial charge on any atom is -0.383 e. The molecule has 0 aliphatic rings. The van der Waals surface area contributed by atoms with Crippen LogP contribution in [0.3, 0.4) is 0 Å². The van der Waals surface area contributed by atoms with Crippen LogP contribution in [0.1, 0.15) is 15.9 Å². The van der Waals surface area contributed by atoms with Gasteiger partial charge in [0.2, 0.25) is 0 Å². The lowest BCUT2D eigenvalue weighted by molar-refractivity contribution is 0.0933. The smallest absolute Gasteiger partial charge is 0.254 e. The first-order valence-electron chi connectivity index (χ1n) is 5.44. The van der Waals surface area contributed by atoms with Crippen molar-refractivity contribution >= 4 is 5.91 Å². The number of hydrogen-bond acceptors (Lipinski definition) is 3. The van der Waals surface area contributed by atoms with Crippen molar-refractivity contribution in [1.82, 2.24) is 5.32 Å². The van der Waals surface area contributed by atoms with E-state index in [1.165, 1.54) is 19.2 Å². The van der Waals surface area contributed by atoms with E-state index in [1.807, 2.05) is 0 Å². The van der Waals surface area contributed by atoms with Crippen LogP contribution >= 0.6 is 0 Å². The lowest BCUT2D eigenvalue weighted by atomic mass is 10.1. The number of amides is 1. The summed E-state index contributed by atoms with van der Waals surface area (Å²) in [6.45, 7) is 0.928. The fraction of sp³-hybridized carbons (Fsp3) is 0.308. The third-order valence-electron chi connectivity index (χ3n) is 2.14. The van der Waals surface area contributed by atoms with Crippen molar-refractivity contribution in [3.63, 3.8) is 0 Å². The molecule has 0 unspecified atom stereocenters. The van der Waals surface area contributed by atoms with E-state index in [0.29, 0.717) is 18.7 Å². The summed E-state index contributed by atoms with van der Waals surface area (Å²) in [5.41, 5.74) is 5.70. The maximum Gasteiger partial charge on any atom is 0.254 e. The van der Waals surface area contributed by atoms with Gasteiger partial charge in [-0.05, 0) is 18.2 Å². The first kappa shape index (κ1) is 14.2. The van der Waals surface area contributed by atoms with E-state index >= 15 is 0 Å². The second-order valence-corrected chi connectivity index (χ2v) is 3.45. The molecule has 0 aliphatic heterocycles. The highest BCUT2D eigenvalue weighted by molar-refractivity contribution is 5.94. The number of hydrogen-bond donors (Lipinski definition) is 2. The summed E-state index contributed by atoms with van der Waals surface area (Å²) in [5, 5.41) is 2.54. The van der Waals surface area contributed by atoms with Crippen LogP contribution in [0.15, 0.2) is 18.2 Å². The van der Waals surface area contributed by atoms with Crippen LogP contribution in [0.5, 0.6) is 0 Å². The minimum absolute atomic E-state index is 0.00981. The monoisotopic (exact) mass is 250 g/mol. The standard InChI is InChI=1S/C13H15FN2O2/c1-18-8-7-16-13(17)11-5-4-10(3-2-6-15)9-12(11)14/h4-5,9H,6-8,15H2,1H3,(H,16,17). The number of benzene rings is 1. The zero-order chi connectivity index (χ0) is 13.4. The van der Waals surface area contributed by atoms with Crippen molar-refractivity contribution in [3.8, 4) is 11.8 Å². The Balaban J connectivity index is 2.75. The van der Waals surface area contributed by atoms with E-state index in [-0.39, 0.29) is 12.1 Å². The average Bonchev–Trinajstić information content (AvgIpc) is 2.36. The van der Waals surface area contributed by atoms with E-state index in [2.05, 4.69) is 17.2 Å². The van der Waals surface area contributed by atoms with Crippen LogP contribution < -0.4 is 11.1 Å². The summed E-state index contributed by atoms with van der Waals surface area (Å²) in [7, 11) is 1.53. The molecule has 0 spiro atoms. The highest BCUT2D eigenvalue weighted by atomic mass is 19.1. The van der Waals surface area contributed by atoms with Crippen molar-refractivity contribution < 1.29 is 13.9 Å². The number of carbonyl (C=O) groups excluding carboxylic acids is 1. The van der Waals surface area contributed by atoms with Crippen molar-refractivity contribution in [2.75, 3.05) is 26.8 Å². The van der Waals surface area contributed by atoms with Crippen LogP contribution in [-0.4, -0.2) is 32.7 Å². The summed E-state index contributed by atoms with van der Waals surface area (Å²) < 4.78 is 18.4. The van der Waals surface area contributed by atoms with Gasteiger partial charge in [0.15, 0.2) is 0 Å². The molecule has 3 N–H and O–H groups in total. The number of halogens is 1. The Morgan fingerprint density at radius 1 is 1.56 bits per heavy atom. The van der Waals surface area contributed by atoms with Crippen molar-refractivity contribution in [2.45, 2.75) is 0 Å². The van der Waals surface area contributed by atoms with E-state index in [9.17, 15) is 9.18 Å². The van der Waals surface area contributed by atoms with Crippen LogP contribution in [0.25, 0.3) is 0 Å². The normalized spacial score (nSPS) is 9.50. The molecule has 1 aromatic carbocycles. The Morgan fingerprint density at radius 3 is 2.94 bits per heavy atom. The Labute approximate surface area is 105 Å². The van der Waals surface area contributed by atoms with Gasteiger partial charge in [0.1, 0.15) is 5.82 Å². The van der Waals surface area contributed by atoms with E-state index in [1.54, 1.807) is 6.07 Å². The molecule has 0 saturated heterocycles. The molecule has 0 saturated carbocycles.